The number of hydrogen-bond donors (Lipinski definition) is 0. The van der Waals surface area contributed by atoms with Gasteiger partial charge in [0.2, 0.25) is 0 Å². The molecule has 2 aliphatic rings. The minimum Gasteiger partial charge on any atom is -0.231 e. The van der Waals surface area contributed by atoms with E-state index >= 15 is 0 Å². The standard InChI is InChI=1S/C22H21NS/c1-16-13-21-22(19-11-7-4-8-12-19)20(18-9-5-3-6-10-18)14-23-24(21)15-17(16)2/h3-12,14H,13,15H2,1-2H3. The van der Waals surface area contributed by atoms with Crippen molar-refractivity contribution < 1.29 is 0 Å². The zero-order valence-electron chi connectivity index (χ0n) is 14.1. The van der Waals surface area contributed by atoms with Crippen LogP contribution in [0.1, 0.15) is 31.4 Å². The molecule has 2 heteroatoms. The van der Waals surface area contributed by atoms with Gasteiger partial charge in [0.25, 0.3) is 0 Å². The molecule has 120 valence electrons. The van der Waals surface area contributed by atoms with E-state index in [9.17, 15) is 0 Å². The van der Waals surface area contributed by atoms with Gasteiger partial charge in [-0.2, -0.15) is 0 Å². The van der Waals surface area contributed by atoms with E-state index in [4.69, 9.17) is 4.36 Å². The van der Waals surface area contributed by atoms with Crippen molar-refractivity contribution in [2.75, 3.05) is 5.75 Å². The summed E-state index contributed by atoms with van der Waals surface area (Å²) in [5.41, 5.74) is 8.23. The lowest BCUT2D eigenvalue weighted by Gasteiger charge is -2.28. The molecule has 4 rings (SSSR count). The summed E-state index contributed by atoms with van der Waals surface area (Å²) in [5.74, 6) is 1.08. The van der Waals surface area contributed by atoms with Gasteiger partial charge in [0.05, 0.1) is 0 Å². The van der Waals surface area contributed by atoms with E-state index in [-0.39, 0.29) is 10.7 Å². The third-order valence-corrected chi connectivity index (χ3v) is 6.78. The normalized spacial score (nSPS) is 20.4. The molecule has 0 aromatic heterocycles. The number of benzene rings is 2. The van der Waals surface area contributed by atoms with E-state index in [0.717, 1.165) is 12.2 Å². The summed E-state index contributed by atoms with van der Waals surface area (Å²) < 4.78 is 4.94. The second-order valence-corrected chi connectivity index (χ2v) is 8.15. The third kappa shape index (κ3) is 2.71. The van der Waals surface area contributed by atoms with Crippen LogP contribution in [0.3, 0.4) is 0 Å². The lowest BCUT2D eigenvalue weighted by atomic mass is 9.91. The van der Waals surface area contributed by atoms with Gasteiger partial charge >= 0.3 is 0 Å². The highest BCUT2D eigenvalue weighted by atomic mass is 32.2. The first-order valence-corrected chi connectivity index (χ1v) is 9.71. The Balaban J connectivity index is 1.94. The van der Waals surface area contributed by atoms with Crippen LogP contribution in [0.4, 0.5) is 0 Å². The van der Waals surface area contributed by atoms with Crippen LogP contribution >= 0.6 is 0 Å². The molecule has 0 saturated carbocycles. The van der Waals surface area contributed by atoms with Crippen molar-refractivity contribution in [2.45, 2.75) is 20.3 Å². The summed E-state index contributed by atoms with van der Waals surface area (Å²) >= 11 is 0. The molecule has 0 aliphatic carbocycles. The lowest BCUT2D eigenvalue weighted by Crippen LogP contribution is -2.14. The Hall–Kier alpha value is -2.19. The van der Waals surface area contributed by atoms with E-state index < -0.39 is 0 Å². The van der Waals surface area contributed by atoms with E-state index in [0.29, 0.717) is 0 Å². The fourth-order valence-corrected chi connectivity index (χ4v) is 5.40. The van der Waals surface area contributed by atoms with Crippen molar-refractivity contribution in [3.8, 4) is 0 Å². The summed E-state index contributed by atoms with van der Waals surface area (Å²) in [6.07, 6.45) is 3.16. The van der Waals surface area contributed by atoms with Crippen LogP contribution in [-0.2, 0) is 10.7 Å². The van der Waals surface area contributed by atoms with Gasteiger partial charge < -0.3 is 0 Å². The lowest BCUT2D eigenvalue weighted by molar-refractivity contribution is 1.10. The monoisotopic (exact) mass is 331 g/mol. The minimum atomic E-state index is -0.00807. The zero-order valence-corrected chi connectivity index (χ0v) is 14.9. The summed E-state index contributed by atoms with van der Waals surface area (Å²) in [7, 11) is -0.00807. The highest BCUT2D eigenvalue weighted by Crippen LogP contribution is 2.42. The molecule has 0 bridgehead atoms. The molecule has 2 aromatic carbocycles. The first-order valence-electron chi connectivity index (χ1n) is 8.35. The molecule has 1 atom stereocenters. The number of nitrogens with zero attached hydrogens (tertiary/aromatic N) is 1. The Morgan fingerprint density at radius 2 is 1.42 bits per heavy atom. The van der Waals surface area contributed by atoms with Crippen LogP contribution in [0.2, 0.25) is 0 Å². The molecule has 0 saturated heterocycles. The van der Waals surface area contributed by atoms with Gasteiger partial charge in [-0.3, -0.25) is 0 Å². The van der Waals surface area contributed by atoms with Crippen LogP contribution in [0.25, 0.3) is 11.1 Å². The molecule has 2 aromatic rings. The van der Waals surface area contributed by atoms with E-state index in [1.165, 1.54) is 38.3 Å². The van der Waals surface area contributed by atoms with E-state index in [1.54, 1.807) is 0 Å². The van der Waals surface area contributed by atoms with Gasteiger partial charge in [0, 0.05) is 34.4 Å². The molecule has 0 N–H and O–H groups in total. The largest absolute Gasteiger partial charge is 0.231 e. The van der Waals surface area contributed by atoms with Crippen molar-refractivity contribution in [1.82, 2.24) is 0 Å². The number of hydrogen-bond acceptors (Lipinski definition) is 1. The third-order valence-electron chi connectivity index (χ3n) is 4.80. The van der Waals surface area contributed by atoms with Gasteiger partial charge in [-0.15, -0.1) is 0 Å². The molecule has 0 spiro atoms. The van der Waals surface area contributed by atoms with Gasteiger partial charge in [0.1, 0.15) is 0 Å². The number of allylic oxidation sites excluding steroid dienone is 4. The average molecular weight is 331 g/mol. The van der Waals surface area contributed by atoms with Crippen molar-refractivity contribution in [1.29, 1.82) is 0 Å². The summed E-state index contributed by atoms with van der Waals surface area (Å²) in [6, 6.07) is 21.5. The maximum absolute atomic E-state index is 4.94. The molecule has 24 heavy (non-hydrogen) atoms. The van der Waals surface area contributed by atoms with Crippen molar-refractivity contribution >= 4 is 21.8 Å². The molecular weight excluding hydrogens is 310 g/mol. The second-order valence-electron chi connectivity index (χ2n) is 6.42. The molecular formula is C22H21NS. The molecule has 0 amide bonds. The maximum Gasteiger partial charge on any atom is 0.0430 e. The molecule has 2 aliphatic heterocycles. The van der Waals surface area contributed by atoms with Gasteiger partial charge in [-0.05, 0) is 25.0 Å². The Labute approximate surface area is 146 Å². The molecule has 0 radical (unpaired) electrons. The summed E-state index contributed by atoms with van der Waals surface area (Å²) in [4.78, 5) is 1.51. The Morgan fingerprint density at radius 1 is 0.792 bits per heavy atom. The molecule has 1 unspecified atom stereocenters. The smallest absolute Gasteiger partial charge is 0.0430 e. The summed E-state index contributed by atoms with van der Waals surface area (Å²) in [6.45, 7) is 4.53. The van der Waals surface area contributed by atoms with Gasteiger partial charge in [0.15, 0.2) is 0 Å². The zero-order chi connectivity index (χ0) is 16.5. The highest BCUT2D eigenvalue weighted by Gasteiger charge is 2.25. The first-order chi connectivity index (χ1) is 11.7. The van der Waals surface area contributed by atoms with Crippen LogP contribution in [-0.4, -0.2) is 5.75 Å². The fraction of sp³-hybridized carbons (Fsp3) is 0.182. The minimum absolute atomic E-state index is 0.00807. The Kier molecular flexibility index (Phi) is 4.07. The number of fused-ring (bicyclic) bond motifs is 1. The Morgan fingerprint density at radius 3 is 2.08 bits per heavy atom. The van der Waals surface area contributed by atoms with E-state index in [1.807, 2.05) is 0 Å². The van der Waals surface area contributed by atoms with Crippen LogP contribution < -0.4 is 0 Å². The predicted molar refractivity (Wildman–Crippen MR) is 105 cm³/mol. The average Bonchev–Trinajstić information content (AvgIpc) is 2.63. The fourth-order valence-electron chi connectivity index (χ4n) is 3.29. The predicted octanol–water partition coefficient (Wildman–Crippen LogP) is 5.99. The second kappa shape index (κ2) is 6.37. The first kappa shape index (κ1) is 15.3. The molecule has 0 fully saturated rings. The highest BCUT2D eigenvalue weighted by molar-refractivity contribution is 7.91. The van der Waals surface area contributed by atoms with Gasteiger partial charge in [-0.1, -0.05) is 82.5 Å². The van der Waals surface area contributed by atoms with Crippen molar-refractivity contribution in [3.05, 3.63) is 94.0 Å². The Bertz CT molecular complexity index is 900. The van der Waals surface area contributed by atoms with Crippen molar-refractivity contribution in [3.63, 3.8) is 0 Å². The number of rotatable bonds is 2. The maximum atomic E-state index is 4.94. The van der Waals surface area contributed by atoms with Crippen LogP contribution in [0.5, 0.6) is 0 Å². The summed E-state index contributed by atoms with van der Waals surface area (Å²) in [5, 5.41) is 0. The quantitative estimate of drug-likeness (QED) is 0.599. The SMILES string of the molecule is CC1=C(C)CS2=NC=C(c3ccccc3)C(c3ccccc3)=C2C1. The van der Waals surface area contributed by atoms with Crippen LogP contribution in [0.15, 0.2) is 87.3 Å². The molecule has 2 heterocycles. The van der Waals surface area contributed by atoms with Gasteiger partial charge in [-0.25, -0.2) is 4.36 Å². The van der Waals surface area contributed by atoms with E-state index in [2.05, 4.69) is 80.7 Å². The topological polar surface area (TPSA) is 12.4 Å². The van der Waals surface area contributed by atoms with Crippen LogP contribution in [0, 0.1) is 0 Å². The van der Waals surface area contributed by atoms with Crippen molar-refractivity contribution in [2.24, 2.45) is 4.36 Å². The molecule has 1 nitrogen and oxygen atoms in total.